The molecule has 1 aliphatic rings. The van der Waals surface area contributed by atoms with Crippen LogP contribution in [0.1, 0.15) is 49.1 Å². The molecule has 2 amide bonds. The molecule has 3 N–H and O–H groups in total. The van der Waals surface area contributed by atoms with E-state index in [1.807, 2.05) is 48.5 Å². The van der Waals surface area contributed by atoms with Gasteiger partial charge in [-0.1, -0.05) is 48.5 Å². The van der Waals surface area contributed by atoms with Crippen molar-refractivity contribution in [2.75, 3.05) is 13.2 Å². The van der Waals surface area contributed by atoms with Crippen molar-refractivity contribution < 1.29 is 24.2 Å². The first kappa shape index (κ1) is 23.9. The number of alkyl carbamates (subject to hydrolysis) is 1. The lowest BCUT2D eigenvalue weighted by Gasteiger charge is -2.17. The van der Waals surface area contributed by atoms with Crippen molar-refractivity contribution in [1.82, 2.24) is 10.6 Å². The van der Waals surface area contributed by atoms with Crippen molar-refractivity contribution in [2.24, 2.45) is 0 Å². The molecule has 0 saturated heterocycles. The van der Waals surface area contributed by atoms with Gasteiger partial charge in [0.25, 0.3) is 0 Å². The Kier molecular flexibility index (Phi) is 8.48. The molecule has 33 heavy (non-hydrogen) atoms. The lowest BCUT2D eigenvalue weighted by Crippen LogP contribution is -2.41. The number of carboxylic acids is 1. The van der Waals surface area contributed by atoms with Gasteiger partial charge < -0.3 is 20.5 Å². The van der Waals surface area contributed by atoms with Crippen LogP contribution >= 0.6 is 0 Å². The van der Waals surface area contributed by atoms with Crippen LogP contribution in [0, 0.1) is 12.3 Å². The quantitative estimate of drug-likeness (QED) is 0.359. The second-order valence-corrected chi connectivity index (χ2v) is 7.91. The highest BCUT2D eigenvalue weighted by Crippen LogP contribution is 2.44. The van der Waals surface area contributed by atoms with Crippen molar-refractivity contribution in [3.63, 3.8) is 0 Å². The monoisotopic (exact) mass is 448 g/mol. The van der Waals surface area contributed by atoms with Gasteiger partial charge in [0.2, 0.25) is 5.91 Å². The SMILES string of the molecule is C#CCCC(=O)NCCCCC(NC(=O)OCC1c2ccccc2-c2ccccc21)C(=O)O. The summed E-state index contributed by atoms with van der Waals surface area (Å²) in [6.07, 6.45) is 6.38. The van der Waals surface area contributed by atoms with Gasteiger partial charge in [0, 0.05) is 25.3 Å². The Balaban J connectivity index is 1.46. The Labute approximate surface area is 193 Å². The van der Waals surface area contributed by atoms with E-state index in [0.29, 0.717) is 25.8 Å². The van der Waals surface area contributed by atoms with Gasteiger partial charge in [0.1, 0.15) is 12.6 Å². The average molecular weight is 449 g/mol. The Morgan fingerprint density at radius 2 is 1.67 bits per heavy atom. The van der Waals surface area contributed by atoms with E-state index in [0.717, 1.165) is 22.3 Å². The van der Waals surface area contributed by atoms with Crippen LogP contribution in [0.4, 0.5) is 4.79 Å². The summed E-state index contributed by atoms with van der Waals surface area (Å²) in [5.41, 5.74) is 4.42. The molecule has 1 atom stereocenters. The molecular formula is C26H28N2O5. The molecule has 7 nitrogen and oxygen atoms in total. The van der Waals surface area contributed by atoms with Crippen LogP contribution in [-0.2, 0) is 14.3 Å². The second-order valence-electron chi connectivity index (χ2n) is 7.91. The summed E-state index contributed by atoms with van der Waals surface area (Å²) in [7, 11) is 0. The van der Waals surface area contributed by atoms with Gasteiger partial charge in [0.05, 0.1) is 0 Å². The van der Waals surface area contributed by atoms with Gasteiger partial charge in [-0.15, -0.1) is 12.3 Å². The Bertz CT molecular complexity index is 997. The minimum Gasteiger partial charge on any atom is -0.480 e. The number of nitrogens with one attached hydrogen (secondary N) is 2. The van der Waals surface area contributed by atoms with Crippen LogP contribution in [-0.4, -0.2) is 42.3 Å². The molecule has 2 aromatic rings. The number of benzene rings is 2. The van der Waals surface area contributed by atoms with E-state index in [9.17, 15) is 19.5 Å². The van der Waals surface area contributed by atoms with Crippen molar-refractivity contribution in [3.8, 4) is 23.5 Å². The summed E-state index contributed by atoms with van der Waals surface area (Å²) >= 11 is 0. The molecule has 0 bridgehead atoms. The topological polar surface area (TPSA) is 105 Å². The molecule has 0 heterocycles. The minimum absolute atomic E-state index is 0.0930. The van der Waals surface area contributed by atoms with Gasteiger partial charge in [-0.3, -0.25) is 4.79 Å². The van der Waals surface area contributed by atoms with Gasteiger partial charge >= 0.3 is 12.1 Å². The van der Waals surface area contributed by atoms with Crippen molar-refractivity contribution in [3.05, 3.63) is 59.7 Å². The molecule has 0 spiro atoms. The maximum atomic E-state index is 12.3. The van der Waals surface area contributed by atoms with E-state index in [-0.39, 0.29) is 31.3 Å². The zero-order valence-corrected chi connectivity index (χ0v) is 18.4. The Morgan fingerprint density at radius 1 is 1.03 bits per heavy atom. The fourth-order valence-corrected chi connectivity index (χ4v) is 4.02. The van der Waals surface area contributed by atoms with Gasteiger partial charge in [-0.25, -0.2) is 9.59 Å². The van der Waals surface area contributed by atoms with E-state index in [2.05, 4.69) is 16.6 Å². The number of ether oxygens (including phenoxy) is 1. The molecule has 0 aliphatic heterocycles. The van der Waals surface area contributed by atoms with Gasteiger partial charge in [-0.2, -0.15) is 0 Å². The summed E-state index contributed by atoms with van der Waals surface area (Å²) in [5, 5.41) is 14.6. The second kappa shape index (κ2) is 11.7. The zero-order chi connectivity index (χ0) is 23.6. The molecule has 172 valence electrons. The normalized spacial score (nSPS) is 12.7. The average Bonchev–Trinajstić information content (AvgIpc) is 3.14. The number of rotatable bonds is 11. The zero-order valence-electron chi connectivity index (χ0n) is 18.4. The number of terminal acetylenes is 1. The third-order valence-electron chi connectivity index (χ3n) is 5.67. The van der Waals surface area contributed by atoms with E-state index in [1.54, 1.807) is 0 Å². The van der Waals surface area contributed by atoms with Crippen LogP contribution in [0.25, 0.3) is 11.1 Å². The van der Waals surface area contributed by atoms with Crippen LogP contribution in [0.3, 0.4) is 0 Å². The first-order chi connectivity index (χ1) is 16.0. The van der Waals surface area contributed by atoms with E-state index >= 15 is 0 Å². The van der Waals surface area contributed by atoms with Crippen molar-refractivity contribution in [2.45, 2.75) is 44.1 Å². The summed E-state index contributed by atoms with van der Waals surface area (Å²) in [6.45, 7) is 0.552. The molecule has 3 rings (SSSR count). The lowest BCUT2D eigenvalue weighted by atomic mass is 9.98. The Hall–Kier alpha value is -3.79. The molecule has 0 saturated carbocycles. The first-order valence-electron chi connectivity index (χ1n) is 11.1. The number of fused-ring (bicyclic) bond motifs is 3. The molecule has 0 fully saturated rings. The smallest absolute Gasteiger partial charge is 0.407 e. The lowest BCUT2D eigenvalue weighted by molar-refractivity contribution is -0.139. The predicted molar refractivity (Wildman–Crippen MR) is 125 cm³/mol. The molecule has 0 radical (unpaired) electrons. The van der Waals surface area contributed by atoms with E-state index < -0.39 is 18.1 Å². The largest absolute Gasteiger partial charge is 0.480 e. The summed E-state index contributed by atoms with van der Waals surface area (Å²) < 4.78 is 5.43. The summed E-state index contributed by atoms with van der Waals surface area (Å²) in [6, 6.07) is 14.9. The number of amides is 2. The van der Waals surface area contributed by atoms with Gasteiger partial charge in [-0.05, 0) is 41.5 Å². The third kappa shape index (κ3) is 6.36. The standard InChI is InChI=1S/C26H28N2O5/c1-2-3-15-24(29)27-16-9-8-14-23(25(30)31)28-26(32)33-17-22-20-12-6-4-10-18(20)19-11-5-7-13-21(19)22/h1,4-7,10-13,22-23H,3,8-9,14-17H2,(H,27,29)(H,28,32)(H,30,31). The van der Waals surface area contributed by atoms with E-state index in [4.69, 9.17) is 11.2 Å². The fourth-order valence-electron chi connectivity index (χ4n) is 4.02. The molecular weight excluding hydrogens is 420 g/mol. The van der Waals surface area contributed by atoms with Crippen LogP contribution < -0.4 is 10.6 Å². The number of hydrogen-bond acceptors (Lipinski definition) is 4. The number of unbranched alkanes of at least 4 members (excludes halogenated alkanes) is 1. The molecule has 7 heteroatoms. The summed E-state index contributed by atoms with van der Waals surface area (Å²) in [4.78, 5) is 35.4. The number of carboxylic acid groups (broad SMARTS) is 1. The molecule has 2 aromatic carbocycles. The molecule has 1 aliphatic carbocycles. The number of hydrogen-bond donors (Lipinski definition) is 3. The third-order valence-corrected chi connectivity index (χ3v) is 5.67. The molecule has 0 aromatic heterocycles. The highest BCUT2D eigenvalue weighted by atomic mass is 16.5. The highest BCUT2D eigenvalue weighted by Gasteiger charge is 2.29. The van der Waals surface area contributed by atoms with Gasteiger partial charge in [0.15, 0.2) is 0 Å². The van der Waals surface area contributed by atoms with Crippen molar-refractivity contribution in [1.29, 1.82) is 0 Å². The fraction of sp³-hybridized carbons (Fsp3) is 0.346. The van der Waals surface area contributed by atoms with Crippen LogP contribution in [0.2, 0.25) is 0 Å². The van der Waals surface area contributed by atoms with Crippen LogP contribution in [0.5, 0.6) is 0 Å². The number of aliphatic carboxylic acids is 1. The van der Waals surface area contributed by atoms with Crippen molar-refractivity contribution >= 4 is 18.0 Å². The predicted octanol–water partition coefficient (Wildman–Crippen LogP) is 3.68. The first-order valence-corrected chi connectivity index (χ1v) is 11.1. The number of carbonyl (C=O) groups is 3. The minimum atomic E-state index is -1.12. The highest BCUT2D eigenvalue weighted by molar-refractivity contribution is 5.81. The van der Waals surface area contributed by atoms with E-state index in [1.165, 1.54) is 0 Å². The summed E-state index contributed by atoms with van der Waals surface area (Å²) in [5.74, 6) is 1.06. The molecule has 1 unspecified atom stereocenters. The van der Waals surface area contributed by atoms with Crippen LogP contribution in [0.15, 0.2) is 48.5 Å². The maximum Gasteiger partial charge on any atom is 0.407 e. The maximum absolute atomic E-state index is 12.3. The number of carbonyl (C=O) groups excluding carboxylic acids is 2. The Morgan fingerprint density at radius 3 is 2.27 bits per heavy atom.